The van der Waals surface area contributed by atoms with Crippen molar-refractivity contribution in [2.45, 2.75) is 18.9 Å². The van der Waals surface area contributed by atoms with Crippen LogP contribution in [0.3, 0.4) is 0 Å². The van der Waals surface area contributed by atoms with Crippen molar-refractivity contribution >= 4 is 23.4 Å². The number of anilines is 1. The molecule has 102 valence electrons. The summed E-state index contributed by atoms with van der Waals surface area (Å²) in [4.78, 5) is 20.0. The molecule has 0 aliphatic carbocycles. The molecule has 1 N–H and O–H groups in total. The third kappa shape index (κ3) is 2.40. The molecule has 6 heteroatoms. The molecule has 2 fully saturated rings. The van der Waals surface area contributed by atoms with Crippen LogP contribution in [0.15, 0.2) is 12.3 Å². The lowest BCUT2D eigenvalue weighted by molar-refractivity contribution is 0.0697. The fourth-order valence-corrected chi connectivity index (χ4v) is 3.15. The van der Waals surface area contributed by atoms with Gasteiger partial charge in [0.2, 0.25) is 0 Å². The van der Waals surface area contributed by atoms with Gasteiger partial charge >= 0.3 is 5.97 Å². The van der Waals surface area contributed by atoms with Crippen LogP contribution in [0.4, 0.5) is 5.82 Å². The molecule has 2 aliphatic rings. The standard InChI is InChI=1S/C13H16ClN3O2/c14-11-7-15-12(6-10(11)13(18)19)17-5-4-16-3-1-2-9(16)8-17/h6-7,9H,1-5,8H2,(H,18,19). The van der Waals surface area contributed by atoms with Gasteiger partial charge in [-0.2, -0.15) is 0 Å². The molecule has 1 aromatic rings. The van der Waals surface area contributed by atoms with Gasteiger partial charge in [0.1, 0.15) is 5.82 Å². The van der Waals surface area contributed by atoms with Crippen LogP contribution in [0, 0.1) is 0 Å². The summed E-state index contributed by atoms with van der Waals surface area (Å²) in [7, 11) is 0. The molecule has 0 saturated carbocycles. The molecule has 1 aromatic heterocycles. The summed E-state index contributed by atoms with van der Waals surface area (Å²) in [6.07, 6.45) is 3.91. The Balaban J connectivity index is 1.82. The Bertz CT molecular complexity index is 509. The SMILES string of the molecule is O=C(O)c1cc(N2CCN3CCCC3C2)ncc1Cl. The van der Waals surface area contributed by atoms with Gasteiger partial charge in [-0.15, -0.1) is 0 Å². The normalized spacial score (nSPS) is 23.4. The molecule has 0 spiro atoms. The van der Waals surface area contributed by atoms with Gasteiger partial charge < -0.3 is 10.0 Å². The first kappa shape index (κ1) is 12.7. The molecule has 0 radical (unpaired) electrons. The van der Waals surface area contributed by atoms with E-state index in [1.807, 2.05) is 0 Å². The zero-order valence-electron chi connectivity index (χ0n) is 10.5. The second-order valence-electron chi connectivity index (χ2n) is 5.11. The van der Waals surface area contributed by atoms with Crippen LogP contribution in [0.5, 0.6) is 0 Å². The van der Waals surface area contributed by atoms with Gasteiger partial charge in [-0.3, -0.25) is 4.90 Å². The van der Waals surface area contributed by atoms with Crippen molar-refractivity contribution < 1.29 is 9.90 Å². The number of fused-ring (bicyclic) bond motifs is 1. The van der Waals surface area contributed by atoms with E-state index in [4.69, 9.17) is 16.7 Å². The largest absolute Gasteiger partial charge is 0.478 e. The summed E-state index contributed by atoms with van der Waals surface area (Å²) >= 11 is 5.85. The summed E-state index contributed by atoms with van der Waals surface area (Å²) < 4.78 is 0. The van der Waals surface area contributed by atoms with Gasteiger partial charge in [-0.1, -0.05) is 11.6 Å². The van der Waals surface area contributed by atoms with Crippen LogP contribution in [0.1, 0.15) is 23.2 Å². The molecule has 0 bridgehead atoms. The topological polar surface area (TPSA) is 56.7 Å². The lowest BCUT2D eigenvalue weighted by Crippen LogP contribution is -2.50. The number of hydrogen-bond acceptors (Lipinski definition) is 4. The lowest BCUT2D eigenvalue weighted by Gasteiger charge is -2.38. The zero-order chi connectivity index (χ0) is 13.4. The number of piperazine rings is 1. The molecule has 1 unspecified atom stereocenters. The van der Waals surface area contributed by atoms with Gasteiger partial charge in [0.25, 0.3) is 0 Å². The minimum atomic E-state index is -1.01. The second-order valence-corrected chi connectivity index (χ2v) is 5.51. The highest BCUT2D eigenvalue weighted by Gasteiger charge is 2.31. The quantitative estimate of drug-likeness (QED) is 0.894. The molecule has 0 amide bonds. The molecule has 3 rings (SSSR count). The van der Waals surface area contributed by atoms with Gasteiger partial charge in [0.15, 0.2) is 0 Å². The number of aromatic carboxylic acids is 1. The van der Waals surface area contributed by atoms with Crippen molar-refractivity contribution in [2.24, 2.45) is 0 Å². The van der Waals surface area contributed by atoms with Gasteiger partial charge in [0, 0.05) is 31.9 Å². The number of rotatable bonds is 2. The molecule has 19 heavy (non-hydrogen) atoms. The Kier molecular flexibility index (Phi) is 3.33. The Morgan fingerprint density at radius 1 is 1.42 bits per heavy atom. The van der Waals surface area contributed by atoms with Crippen LogP contribution in [0.2, 0.25) is 5.02 Å². The highest BCUT2D eigenvalue weighted by molar-refractivity contribution is 6.33. The molecule has 0 aromatic carbocycles. The predicted octanol–water partition coefficient (Wildman–Crippen LogP) is 1.72. The van der Waals surface area contributed by atoms with Crippen molar-refractivity contribution in [2.75, 3.05) is 31.1 Å². The summed E-state index contributed by atoms with van der Waals surface area (Å²) in [6.45, 7) is 4.03. The smallest absolute Gasteiger partial charge is 0.337 e. The third-order valence-electron chi connectivity index (χ3n) is 3.98. The summed E-state index contributed by atoms with van der Waals surface area (Å²) in [5.74, 6) is -0.290. The fraction of sp³-hybridized carbons (Fsp3) is 0.538. The first-order valence-corrected chi connectivity index (χ1v) is 6.91. The number of carbonyl (C=O) groups is 1. The Hall–Kier alpha value is -1.33. The van der Waals surface area contributed by atoms with E-state index in [2.05, 4.69) is 14.8 Å². The van der Waals surface area contributed by atoms with Gasteiger partial charge in [-0.05, 0) is 25.5 Å². The Morgan fingerprint density at radius 3 is 3.05 bits per heavy atom. The highest BCUT2D eigenvalue weighted by atomic mass is 35.5. The maximum Gasteiger partial charge on any atom is 0.337 e. The molecule has 3 heterocycles. The van der Waals surface area contributed by atoms with E-state index in [0.29, 0.717) is 11.9 Å². The molecular formula is C13H16ClN3O2. The fourth-order valence-electron chi connectivity index (χ4n) is 2.96. The number of carboxylic acid groups (broad SMARTS) is 1. The van der Waals surface area contributed by atoms with Crippen molar-refractivity contribution in [1.82, 2.24) is 9.88 Å². The lowest BCUT2D eigenvalue weighted by atomic mass is 10.1. The zero-order valence-corrected chi connectivity index (χ0v) is 11.3. The highest BCUT2D eigenvalue weighted by Crippen LogP contribution is 2.26. The molecule has 5 nitrogen and oxygen atoms in total. The van der Waals surface area contributed by atoms with Crippen molar-refractivity contribution in [1.29, 1.82) is 0 Å². The monoisotopic (exact) mass is 281 g/mol. The van der Waals surface area contributed by atoms with Crippen LogP contribution in [-0.2, 0) is 0 Å². The first-order chi connectivity index (χ1) is 9.15. The summed E-state index contributed by atoms with van der Waals surface area (Å²) in [6, 6.07) is 2.16. The maximum absolute atomic E-state index is 11.1. The van der Waals surface area contributed by atoms with E-state index < -0.39 is 5.97 Å². The molecule has 2 saturated heterocycles. The first-order valence-electron chi connectivity index (χ1n) is 6.53. The van der Waals surface area contributed by atoms with Gasteiger partial charge in [-0.25, -0.2) is 9.78 Å². The van der Waals surface area contributed by atoms with Crippen molar-refractivity contribution in [3.8, 4) is 0 Å². The van der Waals surface area contributed by atoms with Gasteiger partial charge in [0.05, 0.1) is 10.6 Å². The van der Waals surface area contributed by atoms with Crippen LogP contribution < -0.4 is 4.90 Å². The average Bonchev–Trinajstić information content (AvgIpc) is 2.86. The molecule has 1 atom stereocenters. The molecular weight excluding hydrogens is 266 g/mol. The summed E-state index contributed by atoms with van der Waals surface area (Å²) in [5.41, 5.74) is 0.125. The number of pyridine rings is 1. The van der Waals surface area contributed by atoms with Crippen LogP contribution in [0.25, 0.3) is 0 Å². The number of carboxylic acids is 1. The summed E-state index contributed by atoms with van der Waals surface area (Å²) in [5, 5.41) is 9.29. The second kappa shape index (κ2) is 4.98. The Labute approximate surface area is 116 Å². The van der Waals surface area contributed by atoms with Crippen molar-refractivity contribution in [3.05, 3.63) is 22.8 Å². The number of halogens is 1. The predicted molar refractivity (Wildman–Crippen MR) is 73.0 cm³/mol. The van der Waals surface area contributed by atoms with Crippen molar-refractivity contribution in [3.63, 3.8) is 0 Å². The number of nitrogens with zero attached hydrogens (tertiary/aromatic N) is 3. The Morgan fingerprint density at radius 2 is 2.26 bits per heavy atom. The minimum Gasteiger partial charge on any atom is -0.478 e. The maximum atomic E-state index is 11.1. The van der Waals surface area contributed by atoms with Crippen LogP contribution >= 0.6 is 11.6 Å². The van der Waals surface area contributed by atoms with E-state index in [0.717, 1.165) is 19.6 Å². The van der Waals surface area contributed by atoms with E-state index >= 15 is 0 Å². The van der Waals surface area contributed by atoms with E-state index in [1.165, 1.54) is 25.6 Å². The van der Waals surface area contributed by atoms with E-state index in [-0.39, 0.29) is 10.6 Å². The van der Waals surface area contributed by atoms with Crippen LogP contribution in [-0.4, -0.2) is 53.2 Å². The average molecular weight is 282 g/mol. The minimum absolute atomic E-state index is 0.125. The van der Waals surface area contributed by atoms with E-state index in [9.17, 15) is 4.79 Å². The number of hydrogen-bond donors (Lipinski definition) is 1. The molecule has 2 aliphatic heterocycles. The third-order valence-corrected chi connectivity index (χ3v) is 4.28. The van der Waals surface area contributed by atoms with E-state index in [1.54, 1.807) is 6.07 Å². The number of aromatic nitrogens is 1.